The van der Waals surface area contributed by atoms with Gasteiger partial charge < -0.3 is 5.32 Å². The standard InChI is InChI=1S/C23H25ClN4O3S/c1-17-2-4-18(5-3-17)15-27-16-21(14-25-27)26-23(29)19-10-12-28(13-11-19)32(30,31)22-8-6-20(24)7-9-22/h2-9,14,16,19H,10-13,15H2,1H3,(H,26,29). The summed E-state index contributed by atoms with van der Waals surface area (Å²) in [5.41, 5.74) is 2.97. The molecule has 1 saturated heterocycles. The molecule has 0 saturated carbocycles. The summed E-state index contributed by atoms with van der Waals surface area (Å²) < 4.78 is 28.8. The van der Waals surface area contributed by atoms with Crippen molar-refractivity contribution >= 4 is 33.2 Å². The molecule has 9 heteroatoms. The van der Waals surface area contributed by atoms with Gasteiger partial charge in [0.15, 0.2) is 0 Å². The molecule has 0 unspecified atom stereocenters. The minimum absolute atomic E-state index is 0.108. The van der Waals surface area contributed by atoms with Crippen LogP contribution in [-0.4, -0.2) is 41.5 Å². The summed E-state index contributed by atoms with van der Waals surface area (Å²) in [6, 6.07) is 14.4. The molecule has 168 valence electrons. The highest BCUT2D eigenvalue weighted by Crippen LogP contribution is 2.25. The number of piperidine rings is 1. The Kier molecular flexibility index (Phi) is 6.64. The molecule has 1 aliphatic rings. The molecular weight excluding hydrogens is 448 g/mol. The fourth-order valence-corrected chi connectivity index (χ4v) is 5.35. The van der Waals surface area contributed by atoms with Crippen molar-refractivity contribution in [1.29, 1.82) is 0 Å². The monoisotopic (exact) mass is 472 g/mol. The first kappa shape index (κ1) is 22.5. The summed E-state index contributed by atoms with van der Waals surface area (Å²) in [5.74, 6) is -0.351. The van der Waals surface area contributed by atoms with E-state index in [1.165, 1.54) is 22.0 Å². The molecular formula is C23H25ClN4O3S. The van der Waals surface area contributed by atoms with E-state index >= 15 is 0 Å². The van der Waals surface area contributed by atoms with Crippen LogP contribution in [0.1, 0.15) is 24.0 Å². The zero-order valence-corrected chi connectivity index (χ0v) is 19.3. The van der Waals surface area contributed by atoms with Crippen LogP contribution in [0.4, 0.5) is 5.69 Å². The molecule has 1 aromatic heterocycles. The quantitative estimate of drug-likeness (QED) is 0.589. The van der Waals surface area contributed by atoms with Crippen molar-refractivity contribution in [3.05, 3.63) is 77.1 Å². The van der Waals surface area contributed by atoms with E-state index in [1.54, 1.807) is 29.2 Å². The predicted molar refractivity (Wildman–Crippen MR) is 124 cm³/mol. The number of nitrogens with one attached hydrogen (secondary N) is 1. The molecule has 0 spiro atoms. The normalized spacial score (nSPS) is 15.6. The number of sulfonamides is 1. The summed E-state index contributed by atoms with van der Waals surface area (Å²) >= 11 is 5.86. The molecule has 4 rings (SSSR count). The van der Waals surface area contributed by atoms with Crippen LogP contribution in [0.3, 0.4) is 0 Å². The number of aromatic nitrogens is 2. The van der Waals surface area contributed by atoms with Crippen molar-refractivity contribution in [2.45, 2.75) is 31.2 Å². The van der Waals surface area contributed by atoms with Crippen molar-refractivity contribution in [1.82, 2.24) is 14.1 Å². The van der Waals surface area contributed by atoms with E-state index in [9.17, 15) is 13.2 Å². The maximum absolute atomic E-state index is 12.8. The van der Waals surface area contributed by atoms with E-state index < -0.39 is 10.0 Å². The Morgan fingerprint density at radius 2 is 1.75 bits per heavy atom. The second-order valence-electron chi connectivity index (χ2n) is 8.03. The number of hydrogen-bond donors (Lipinski definition) is 1. The van der Waals surface area contributed by atoms with Crippen LogP contribution in [0.15, 0.2) is 65.8 Å². The van der Waals surface area contributed by atoms with Gasteiger partial charge in [-0.25, -0.2) is 8.42 Å². The van der Waals surface area contributed by atoms with Gasteiger partial charge in [-0.05, 0) is 49.6 Å². The Hall–Kier alpha value is -2.68. The third-order valence-corrected chi connectivity index (χ3v) is 7.81. The largest absolute Gasteiger partial charge is 0.323 e. The number of anilines is 1. The Morgan fingerprint density at radius 3 is 2.41 bits per heavy atom. The van der Waals surface area contributed by atoms with Gasteiger partial charge in [0.05, 0.1) is 23.3 Å². The lowest BCUT2D eigenvalue weighted by Crippen LogP contribution is -2.41. The molecule has 0 atom stereocenters. The minimum atomic E-state index is -3.59. The van der Waals surface area contributed by atoms with Gasteiger partial charge in [0.1, 0.15) is 0 Å². The summed E-state index contributed by atoms with van der Waals surface area (Å²) in [6.45, 7) is 3.27. The van der Waals surface area contributed by atoms with Crippen LogP contribution >= 0.6 is 11.6 Å². The summed E-state index contributed by atoms with van der Waals surface area (Å²) in [4.78, 5) is 12.9. The second-order valence-corrected chi connectivity index (χ2v) is 10.4. The highest BCUT2D eigenvalue weighted by Gasteiger charge is 2.32. The lowest BCUT2D eigenvalue weighted by Gasteiger charge is -2.30. The van der Waals surface area contributed by atoms with E-state index in [4.69, 9.17) is 11.6 Å². The van der Waals surface area contributed by atoms with Gasteiger partial charge in [-0.15, -0.1) is 0 Å². The van der Waals surface area contributed by atoms with E-state index in [2.05, 4.69) is 34.7 Å². The molecule has 1 aliphatic heterocycles. The Bertz CT molecular complexity index is 1180. The first-order chi connectivity index (χ1) is 15.3. The molecule has 7 nitrogen and oxygen atoms in total. The Labute approximate surface area is 193 Å². The molecule has 3 aromatic rings. The average molecular weight is 473 g/mol. The van der Waals surface area contributed by atoms with E-state index in [-0.39, 0.29) is 16.7 Å². The zero-order valence-electron chi connectivity index (χ0n) is 17.7. The van der Waals surface area contributed by atoms with Crippen molar-refractivity contribution in [3.63, 3.8) is 0 Å². The maximum Gasteiger partial charge on any atom is 0.243 e. The highest BCUT2D eigenvalue weighted by atomic mass is 35.5. The van der Waals surface area contributed by atoms with Crippen LogP contribution in [0.5, 0.6) is 0 Å². The summed E-state index contributed by atoms with van der Waals surface area (Å²) in [6.07, 6.45) is 4.37. The number of carbonyl (C=O) groups is 1. The number of amides is 1. The molecule has 1 N–H and O–H groups in total. The number of nitrogens with zero attached hydrogens (tertiary/aromatic N) is 3. The Morgan fingerprint density at radius 1 is 1.09 bits per heavy atom. The first-order valence-electron chi connectivity index (χ1n) is 10.5. The lowest BCUT2D eigenvalue weighted by atomic mass is 9.97. The average Bonchev–Trinajstić information content (AvgIpc) is 3.22. The number of halogens is 1. The maximum atomic E-state index is 12.8. The van der Waals surface area contributed by atoms with Crippen LogP contribution in [-0.2, 0) is 21.4 Å². The Balaban J connectivity index is 1.31. The minimum Gasteiger partial charge on any atom is -0.323 e. The highest BCUT2D eigenvalue weighted by molar-refractivity contribution is 7.89. The van der Waals surface area contributed by atoms with Crippen LogP contribution < -0.4 is 5.32 Å². The van der Waals surface area contributed by atoms with Crippen LogP contribution in [0.25, 0.3) is 0 Å². The third kappa shape index (κ3) is 5.20. The van der Waals surface area contributed by atoms with E-state index in [0.29, 0.717) is 43.2 Å². The number of benzene rings is 2. The molecule has 0 radical (unpaired) electrons. The molecule has 32 heavy (non-hydrogen) atoms. The summed E-state index contributed by atoms with van der Waals surface area (Å²) in [7, 11) is -3.59. The van der Waals surface area contributed by atoms with Gasteiger partial charge in [-0.3, -0.25) is 9.48 Å². The van der Waals surface area contributed by atoms with Gasteiger partial charge in [-0.1, -0.05) is 41.4 Å². The van der Waals surface area contributed by atoms with Crippen molar-refractivity contribution in [3.8, 4) is 0 Å². The van der Waals surface area contributed by atoms with Crippen molar-refractivity contribution < 1.29 is 13.2 Å². The van der Waals surface area contributed by atoms with Crippen molar-refractivity contribution in [2.24, 2.45) is 5.92 Å². The van der Waals surface area contributed by atoms with E-state index in [0.717, 1.165) is 5.56 Å². The van der Waals surface area contributed by atoms with Gasteiger partial charge in [0.25, 0.3) is 0 Å². The number of aryl methyl sites for hydroxylation is 1. The molecule has 0 aliphatic carbocycles. The van der Waals surface area contributed by atoms with Gasteiger partial charge >= 0.3 is 0 Å². The van der Waals surface area contributed by atoms with Gasteiger partial charge in [-0.2, -0.15) is 9.40 Å². The first-order valence-corrected chi connectivity index (χ1v) is 12.3. The van der Waals surface area contributed by atoms with Crippen LogP contribution in [0.2, 0.25) is 5.02 Å². The van der Waals surface area contributed by atoms with E-state index in [1.807, 2.05) is 6.92 Å². The van der Waals surface area contributed by atoms with Crippen molar-refractivity contribution in [2.75, 3.05) is 18.4 Å². The fraction of sp³-hybridized carbons (Fsp3) is 0.304. The SMILES string of the molecule is Cc1ccc(Cn2cc(NC(=O)C3CCN(S(=O)(=O)c4ccc(Cl)cc4)CC3)cn2)cc1. The van der Waals surface area contributed by atoms with Gasteiger partial charge in [0.2, 0.25) is 15.9 Å². The lowest BCUT2D eigenvalue weighted by molar-refractivity contribution is -0.120. The molecule has 1 fully saturated rings. The van der Waals surface area contributed by atoms with Crippen LogP contribution in [0, 0.1) is 12.8 Å². The molecule has 2 heterocycles. The number of carbonyl (C=O) groups excluding carboxylic acids is 1. The summed E-state index contributed by atoms with van der Waals surface area (Å²) in [5, 5.41) is 7.72. The predicted octanol–water partition coefficient (Wildman–Crippen LogP) is 3.93. The van der Waals surface area contributed by atoms with Gasteiger partial charge in [0, 0.05) is 30.2 Å². The third-order valence-electron chi connectivity index (χ3n) is 5.64. The smallest absolute Gasteiger partial charge is 0.243 e. The molecule has 2 aromatic carbocycles. The zero-order chi connectivity index (χ0) is 22.7. The molecule has 1 amide bonds. The number of hydrogen-bond acceptors (Lipinski definition) is 4. The molecule has 0 bridgehead atoms. The fourth-order valence-electron chi connectivity index (χ4n) is 3.75. The second kappa shape index (κ2) is 9.44. The number of rotatable bonds is 6. The topological polar surface area (TPSA) is 84.3 Å².